The average Bonchev–Trinajstić information content (AvgIpc) is 2.99. The highest BCUT2D eigenvalue weighted by atomic mass is 35.5. The van der Waals surface area contributed by atoms with Gasteiger partial charge in [0.05, 0.1) is 17.9 Å². The highest BCUT2D eigenvalue weighted by Crippen LogP contribution is 2.32. The van der Waals surface area contributed by atoms with E-state index in [9.17, 15) is 14.4 Å². The fraction of sp³-hybridized carbons (Fsp3) is 0.273. The maximum atomic E-state index is 12.6. The molecule has 0 aromatic heterocycles. The first-order valence-electron chi connectivity index (χ1n) is 9.64. The molecule has 31 heavy (non-hydrogen) atoms. The number of esters is 1. The van der Waals surface area contributed by atoms with E-state index in [0.29, 0.717) is 33.7 Å². The van der Waals surface area contributed by atoms with Crippen molar-refractivity contribution in [2.45, 2.75) is 25.5 Å². The Labute approximate surface area is 189 Å². The second kappa shape index (κ2) is 9.98. The maximum Gasteiger partial charge on any atom is 0.338 e. The Morgan fingerprint density at radius 1 is 1.23 bits per heavy atom. The number of aliphatic imine (C=N–C) groups is 1. The molecule has 2 aromatic carbocycles. The zero-order chi connectivity index (χ0) is 22.5. The van der Waals surface area contributed by atoms with Crippen LogP contribution in [-0.2, 0) is 14.3 Å². The molecule has 1 aliphatic rings. The number of ether oxygens (including phenoxy) is 1. The molecular formula is C22H22ClN3O4S. The van der Waals surface area contributed by atoms with Gasteiger partial charge in [-0.25, -0.2) is 9.79 Å². The van der Waals surface area contributed by atoms with Crippen LogP contribution in [0.4, 0.5) is 11.4 Å². The zero-order valence-electron chi connectivity index (χ0n) is 17.3. The highest BCUT2D eigenvalue weighted by Gasteiger charge is 2.37. The van der Waals surface area contributed by atoms with Crippen LogP contribution in [0.2, 0.25) is 5.02 Å². The number of anilines is 1. The number of nitrogens with zero attached hydrogens (tertiary/aromatic N) is 2. The highest BCUT2D eigenvalue weighted by molar-refractivity contribution is 8.15. The summed E-state index contributed by atoms with van der Waals surface area (Å²) >= 11 is 7.39. The minimum absolute atomic E-state index is 0.00113. The summed E-state index contributed by atoms with van der Waals surface area (Å²) in [4.78, 5) is 42.7. The minimum atomic E-state index is -0.566. The Morgan fingerprint density at radius 3 is 2.58 bits per heavy atom. The monoisotopic (exact) mass is 459 g/mol. The van der Waals surface area contributed by atoms with Gasteiger partial charge in [-0.15, -0.1) is 0 Å². The molecule has 1 heterocycles. The summed E-state index contributed by atoms with van der Waals surface area (Å²) in [5.41, 5.74) is 2.52. The first-order chi connectivity index (χ1) is 14.8. The van der Waals surface area contributed by atoms with Crippen molar-refractivity contribution in [3.63, 3.8) is 0 Å². The van der Waals surface area contributed by atoms with Crippen LogP contribution in [0.1, 0.15) is 29.3 Å². The molecule has 9 heteroatoms. The second-order valence-electron chi connectivity index (χ2n) is 6.88. The molecule has 0 unspecified atom stereocenters. The van der Waals surface area contributed by atoms with Gasteiger partial charge in [-0.2, -0.15) is 0 Å². The molecule has 1 saturated heterocycles. The van der Waals surface area contributed by atoms with Crippen molar-refractivity contribution in [1.82, 2.24) is 4.90 Å². The van der Waals surface area contributed by atoms with E-state index in [2.05, 4.69) is 10.3 Å². The van der Waals surface area contributed by atoms with Gasteiger partial charge in [0.1, 0.15) is 5.25 Å². The van der Waals surface area contributed by atoms with Gasteiger partial charge < -0.3 is 10.1 Å². The molecule has 162 valence electrons. The number of rotatable bonds is 6. The maximum absolute atomic E-state index is 12.6. The van der Waals surface area contributed by atoms with Crippen LogP contribution in [0.25, 0.3) is 0 Å². The fourth-order valence-electron chi connectivity index (χ4n) is 2.84. The summed E-state index contributed by atoms with van der Waals surface area (Å²) in [6, 6.07) is 11.8. The lowest BCUT2D eigenvalue weighted by Crippen LogP contribution is -2.30. The summed E-state index contributed by atoms with van der Waals surface area (Å²) in [6.07, 6.45) is 0.00113. The van der Waals surface area contributed by atoms with Gasteiger partial charge >= 0.3 is 5.97 Å². The zero-order valence-corrected chi connectivity index (χ0v) is 18.9. The third kappa shape index (κ3) is 5.65. The lowest BCUT2D eigenvalue weighted by atomic mass is 10.2. The predicted octanol–water partition coefficient (Wildman–Crippen LogP) is 4.42. The number of carbonyl (C=O) groups is 3. The predicted molar refractivity (Wildman–Crippen MR) is 123 cm³/mol. The summed E-state index contributed by atoms with van der Waals surface area (Å²) in [5, 5.41) is 3.30. The van der Waals surface area contributed by atoms with Crippen LogP contribution in [0.5, 0.6) is 0 Å². The Hall–Kier alpha value is -2.84. The summed E-state index contributed by atoms with van der Waals surface area (Å²) in [7, 11) is 1.63. The number of thioether (sulfide) groups is 1. The van der Waals surface area contributed by atoms with Crippen LogP contribution < -0.4 is 5.32 Å². The molecule has 0 aliphatic carbocycles. The van der Waals surface area contributed by atoms with Crippen LogP contribution in [0, 0.1) is 6.92 Å². The lowest BCUT2D eigenvalue weighted by molar-refractivity contribution is -0.127. The molecule has 0 bridgehead atoms. The van der Waals surface area contributed by atoms with Gasteiger partial charge in [0.15, 0.2) is 5.17 Å². The van der Waals surface area contributed by atoms with E-state index in [1.54, 1.807) is 44.3 Å². The molecular weight excluding hydrogens is 438 g/mol. The van der Waals surface area contributed by atoms with Crippen molar-refractivity contribution >= 4 is 57.7 Å². The van der Waals surface area contributed by atoms with E-state index in [1.807, 2.05) is 19.1 Å². The Kier molecular flexibility index (Phi) is 7.35. The van der Waals surface area contributed by atoms with E-state index in [0.717, 1.165) is 5.56 Å². The Balaban J connectivity index is 1.62. The van der Waals surface area contributed by atoms with Gasteiger partial charge in [-0.3, -0.25) is 14.5 Å². The summed E-state index contributed by atoms with van der Waals surface area (Å²) in [6.45, 7) is 3.93. The number of halogens is 1. The van der Waals surface area contributed by atoms with Crippen LogP contribution in [0.3, 0.4) is 0 Å². The van der Waals surface area contributed by atoms with Gasteiger partial charge in [-0.1, -0.05) is 29.4 Å². The van der Waals surface area contributed by atoms with Crippen LogP contribution in [-0.4, -0.2) is 46.8 Å². The van der Waals surface area contributed by atoms with Gasteiger partial charge in [0, 0.05) is 24.2 Å². The third-order valence-electron chi connectivity index (χ3n) is 4.57. The standard InChI is InChI=1S/C22H22ClN3O4S/c1-4-30-21(29)14-6-9-15(10-7-14)24-19(27)12-18-20(28)26(3)22(31-18)25-16-8-5-13(2)17(23)11-16/h5-11,18H,4,12H2,1-3H3,(H,24,27)/t18-/m0/s1. The topological polar surface area (TPSA) is 88.1 Å². The molecule has 1 N–H and O–H groups in total. The molecule has 0 radical (unpaired) electrons. The van der Waals surface area contributed by atoms with Crippen molar-refractivity contribution in [1.29, 1.82) is 0 Å². The van der Waals surface area contributed by atoms with Crippen LogP contribution in [0.15, 0.2) is 47.5 Å². The van der Waals surface area contributed by atoms with Crippen LogP contribution >= 0.6 is 23.4 Å². The summed E-state index contributed by atoms with van der Waals surface area (Å²) in [5.74, 6) is -0.907. The van der Waals surface area contributed by atoms with E-state index in [-0.39, 0.29) is 18.2 Å². The van der Waals surface area contributed by atoms with Crippen molar-refractivity contribution < 1.29 is 19.1 Å². The number of nitrogens with one attached hydrogen (secondary N) is 1. The third-order valence-corrected chi connectivity index (χ3v) is 6.21. The Morgan fingerprint density at radius 2 is 1.94 bits per heavy atom. The van der Waals surface area contributed by atoms with Crippen molar-refractivity contribution in [2.24, 2.45) is 4.99 Å². The molecule has 7 nitrogen and oxygen atoms in total. The van der Waals surface area contributed by atoms with Gasteiger partial charge in [0.25, 0.3) is 0 Å². The molecule has 3 rings (SSSR count). The first kappa shape index (κ1) is 22.8. The number of carbonyl (C=O) groups excluding carboxylic acids is 3. The van der Waals surface area contributed by atoms with Crippen molar-refractivity contribution in [3.8, 4) is 0 Å². The van der Waals surface area contributed by atoms with E-state index >= 15 is 0 Å². The minimum Gasteiger partial charge on any atom is -0.462 e. The molecule has 0 spiro atoms. The second-order valence-corrected chi connectivity index (χ2v) is 8.46. The molecule has 1 fully saturated rings. The number of aryl methyl sites for hydroxylation is 1. The average molecular weight is 460 g/mol. The first-order valence-corrected chi connectivity index (χ1v) is 10.9. The number of benzene rings is 2. The SMILES string of the molecule is CCOC(=O)c1ccc(NC(=O)C[C@@H]2SC(=Nc3ccc(C)c(Cl)c3)N(C)C2=O)cc1. The number of amides is 2. The molecule has 0 saturated carbocycles. The van der Waals surface area contributed by atoms with Gasteiger partial charge in [0.2, 0.25) is 11.8 Å². The summed E-state index contributed by atoms with van der Waals surface area (Å²) < 4.78 is 4.93. The van der Waals surface area contributed by atoms with Gasteiger partial charge in [-0.05, 0) is 55.8 Å². The van der Waals surface area contributed by atoms with E-state index in [4.69, 9.17) is 16.3 Å². The van der Waals surface area contributed by atoms with E-state index in [1.165, 1.54) is 16.7 Å². The quantitative estimate of drug-likeness (QED) is 0.646. The smallest absolute Gasteiger partial charge is 0.338 e. The largest absolute Gasteiger partial charge is 0.462 e. The molecule has 2 aromatic rings. The van der Waals surface area contributed by atoms with Crippen molar-refractivity contribution in [3.05, 3.63) is 58.6 Å². The van der Waals surface area contributed by atoms with Crippen molar-refractivity contribution in [2.75, 3.05) is 19.0 Å². The normalized spacial score (nSPS) is 17.2. The molecule has 1 atom stereocenters. The fourth-order valence-corrected chi connectivity index (χ4v) is 4.17. The Bertz CT molecular complexity index is 1040. The molecule has 2 amide bonds. The number of hydrogen-bond donors (Lipinski definition) is 1. The number of amidine groups is 1. The van der Waals surface area contributed by atoms with E-state index < -0.39 is 11.2 Å². The number of hydrogen-bond acceptors (Lipinski definition) is 6. The lowest BCUT2D eigenvalue weighted by Gasteiger charge is -2.10. The molecule has 1 aliphatic heterocycles.